The van der Waals surface area contributed by atoms with Crippen molar-refractivity contribution in [1.82, 2.24) is 20.4 Å². The van der Waals surface area contributed by atoms with Gasteiger partial charge in [-0.1, -0.05) is 39.9 Å². The number of amides is 5. The van der Waals surface area contributed by atoms with Crippen molar-refractivity contribution >= 4 is 26.0 Å². The normalized spacial score (nSPS) is 25.5. The van der Waals surface area contributed by atoms with Gasteiger partial charge in [0.2, 0.25) is 0 Å². The third-order valence-electron chi connectivity index (χ3n) is 7.01. The highest BCUT2D eigenvalue weighted by Gasteiger charge is 2.53. The van der Waals surface area contributed by atoms with Crippen molar-refractivity contribution in [1.29, 1.82) is 0 Å². The molecule has 0 aromatic carbocycles. The molecule has 0 radical (unpaired) electrons. The second-order valence-corrected chi connectivity index (χ2v) is 17.5. The largest absolute Gasteiger partial charge is 0.361 e. The van der Waals surface area contributed by atoms with Crippen LogP contribution in [0, 0.1) is 5.41 Å². The molecule has 1 heterocycles. The second-order valence-electron chi connectivity index (χ2n) is 11.8. The highest BCUT2D eigenvalue weighted by atomic mass is 28.3. The summed E-state index contributed by atoms with van der Waals surface area (Å²) in [5, 5.41) is 5.99. The summed E-state index contributed by atoms with van der Waals surface area (Å²) >= 11 is 0. The van der Waals surface area contributed by atoms with Crippen molar-refractivity contribution in [3.63, 3.8) is 0 Å². The van der Waals surface area contributed by atoms with E-state index in [1.165, 1.54) is 4.90 Å². The van der Waals surface area contributed by atoms with Gasteiger partial charge in [-0.25, -0.2) is 14.5 Å². The Morgan fingerprint density at radius 2 is 1.79 bits per heavy atom. The van der Waals surface area contributed by atoms with Crippen LogP contribution in [0.5, 0.6) is 0 Å². The van der Waals surface area contributed by atoms with E-state index in [4.69, 9.17) is 4.74 Å². The summed E-state index contributed by atoms with van der Waals surface area (Å²) in [5.74, 6) is -0.191. The number of rotatable bonds is 11. The Bertz CT molecular complexity index is 699. The molecule has 8 nitrogen and oxygen atoms in total. The molecule has 33 heavy (non-hydrogen) atoms. The van der Waals surface area contributed by atoms with E-state index in [1.54, 1.807) is 4.90 Å². The Hall–Kier alpha value is -1.61. The molecule has 2 rings (SSSR count). The third-order valence-corrected chi connectivity index (χ3v) is 8.71. The smallest absolute Gasteiger partial charge is 0.329 e. The summed E-state index contributed by atoms with van der Waals surface area (Å²) in [6, 6.07) is 0.804. The van der Waals surface area contributed by atoms with Gasteiger partial charge in [-0.3, -0.25) is 4.79 Å². The minimum Gasteiger partial charge on any atom is -0.361 e. The van der Waals surface area contributed by atoms with E-state index in [0.29, 0.717) is 19.7 Å². The molecule has 2 N–H and O–H groups in total. The SMILES string of the molecule is CCCCNC(=O)NC1CCC(C)(CN2C(=O)N(COCC[Si](C)(C)C)C(=O)C2(C)C)CC1. The van der Waals surface area contributed by atoms with Gasteiger partial charge in [0.25, 0.3) is 5.91 Å². The monoisotopic (exact) mass is 482 g/mol. The Kier molecular flexibility index (Phi) is 9.38. The molecule has 1 saturated carbocycles. The van der Waals surface area contributed by atoms with Crippen molar-refractivity contribution in [3.05, 3.63) is 0 Å². The average Bonchev–Trinajstić information content (AvgIpc) is 2.87. The van der Waals surface area contributed by atoms with Gasteiger partial charge in [0, 0.05) is 33.8 Å². The third kappa shape index (κ3) is 7.70. The number of unbranched alkanes of at least 4 members (excludes halogenated alkanes) is 1. The highest BCUT2D eigenvalue weighted by Crippen LogP contribution is 2.40. The van der Waals surface area contributed by atoms with E-state index in [0.717, 1.165) is 44.6 Å². The van der Waals surface area contributed by atoms with Crippen LogP contribution in [0.25, 0.3) is 0 Å². The fourth-order valence-corrected chi connectivity index (χ4v) is 5.20. The van der Waals surface area contributed by atoms with Gasteiger partial charge in [-0.2, -0.15) is 0 Å². The number of nitrogens with one attached hydrogen (secondary N) is 2. The molecule has 1 saturated heterocycles. The number of nitrogens with zero attached hydrogens (tertiary/aromatic N) is 2. The Balaban J connectivity index is 1.89. The first kappa shape index (κ1) is 27.6. The van der Waals surface area contributed by atoms with Gasteiger partial charge in [0.1, 0.15) is 12.3 Å². The number of urea groups is 2. The number of hydrogen-bond acceptors (Lipinski definition) is 4. The van der Waals surface area contributed by atoms with Crippen LogP contribution in [0.1, 0.15) is 66.2 Å². The summed E-state index contributed by atoms with van der Waals surface area (Å²) < 4.78 is 5.72. The molecule has 5 amide bonds. The van der Waals surface area contributed by atoms with Gasteiger partial charge < -0.3 is 20.3 Å². The van der Waals surface area contributed by atoms with Crippen LogP contribution in [0.15, 0.2) is 0 Å². The molecule has 0 bridgehead atoms. The van der Waals surface area contributed by atoms with Gasteiger partial charge in [0.15, 0.2) is 0 Å². The fraction of sp³-hybridized carbons (Fsp3) is 0.875. The molecule has 0 aromatic heterocycles. The second kappa shape index (κ2) is 11.2. The van der Waals surface area contributed by atoms with Crippen LogP contribution in [-0.2, 0) is 9.53 Å². The van der Waals surface area contributed by atoms with Gasteiger partial charge in [-0.05, 0) is 57.4 Å². The lowest BCUT2D eigenvalue weighted by Gasteiger charge is -2.42. The van der Waals surface area contributed by atoms with Crippen LogP contribution >= 0.6 is 0 Å². The summed E-state index contributed by atoms with van der Waals surface area (Å²) in [7, 11) is -1.23. The molecule has 2 fully saturated rings. The van der Waals surface area contributed by atoms with Crippen molar-refractivity contribution in [2.24, 2.45) is 5.41 Å². The lowest BCUT2D eigenvalue weighted by molar-refractivity contribution is -0.135. The molecule has 0 atom stereocenters. The van der Waals surface area contributed by atoms with Gasteiger partial charge in [-0.15, -0.1) is 0 Å². The van der Waals surface area contributed by atoms with Crippen LogP contribution < -0.4 is 10.6 Å². The molecule has 0 unspecified atom stereocenters. The topological polar surface area (TPSA) is 91.0 Å². The molecular formula is C24H46N4O4Si. The van der Waals surface area contributed by atoms with Crippen molar-refractivity contribution in [2.75, 3.05) is 26.4 Å². The van der Waals surface area contributed by atoms with Crippen molar-refractivity contribution in [3.8, 4) is 0 Å². The van der Waals surface area contributed by atoms with Crippen LogP contribution in [0.2, 0.25) is 25.7 Å². The number of imide groups is 1. The van der Waals surface area contributed by atoms with Gasteiger partial charge in [0.05, 0.1) is 0 Å². The lowest BCUT2D eigenvalue weighted by atomic mass is 9.73. The van der Waals surface area contributed by atoms with Crippen LogP contribution in [-0.4, -0.2) is 73.9 Å². The zero-order valence-corrected chi connectivity index (χ0v) is 22.9. The summed E-state index contributed by atoms with van der Waals surface area (Å²) in [4.78, 5) is 41.2. The average molecular weight is 483 g/mol. The molecule has 190 valence electrons. The predicted molar refractivity (Wildman–Crippen MR) is 134 cm³/mol. The maximum atomic E-state index is 13.2. The maximum Gasteiger partial charge on any atom is 0.329 e. The maximum absolute atomic E-state index is 13.2. The van der Waals surface area contributed by atoms with E-state index < -0.39 is 13.6 Å². The van der Waals surface area contributed by atoms with Gasteiger partial charge >= 0.3 is 12.1 Å². The zero-order chi connectivity index (χ0) is 24.9. The Morgan fingerprint density at radius 3 is 2.36 bits per heavy atom. The summed E-state index contributed by atoms with van der Waals surface area (Å²) in [5.41, 5.74) is -0.963. The molecule has 0 aromatic rings. The molecule has 0 spiro atoms. The molecule has 1 aliphatic carbocycles. The quantitative estimate of drug-likeness (QED) is 0.260. The van der Waals surface area contributed by atoms with E-state index in [-0.39, 0.29) is 36.2 Å². The zero-order valence-electron chi connectivity index (χ0n) is 21.9. The number of carbonyl (C=O) groups excluding carboxylic acids is 3. The van der Waals surface area contributed by atoms with Crippen molar-refractivity contribution < 1.29 is 19.1 Å². The summed E-state index contributed by atoms with van der Waals surface area (Å²) in [6.07, 6.45) is 5.57. The lowest BCUT2D eigenvalue weighted by Crippen LogP contribution is -2.51. The first-order chi connectivity index (χ1) is 15.3. The predicted octanol–water partition coefficient (Wildman–Crippen LogP) is 4.39. The molecule has 9 heteroatoms. The number of ether oxygens (including phenoxy) is 1. The van der Waals surface area contributed by atoms with E-state index >= 15 is 0 Å². The molecular weight excluding hydrogens is 436 g/mol. The molecule has 2 aliphatic rings. The molecule has 1 aliphatic heterocycles. The Morgan fingerprint density at radius 1 is 1.15 bits per heavy atom. The minimum absolute atomic E-state index is 0.0257. The van der Waals surface area contributed by atoms with E-state index in [1.807, 2.05) is 13.8 Å². The standard InChI is InChI=1S/C24H46N4O4Si/c1-8-9-14-25-21(30)26-19-10-12-24(4,13-11-19)17-28-22(31)27(20(29)23(28,2)3)18-32-15-16-33(5,6)7/h19H,8-18H2,1-7H3,(H2,25,26,30). The fourth-order valence-electron chi connectivity index (χ4n) is 4.44. The number of hydrogen-bond donors (Lipinski definition) is 2. The van der Waals surface area contributed by atoms with Crippen LogP contribution in [0.3, 0.4) is 0 Å². The van der Waals surface area contributed by atoms with E-state index in [2.05, 4.69) is 44.1 Å². The van der Waals surface area contributed by atoms with E-state index in [9.17, 15) is 14.4 Å². The van der Waals surface area contributed by atoms with Crippen LogP contribution in [0.4, 0.5) is 9.59 Å². The van der Waals surface area contributed by atoms with Crippen molar-refractivity contribution in [2.45, 2.75) is 103 Å². The number of carbonyl (C=O) groups is 3. The summed E-state index contributed by atoms with van der Waals surface area (Å²) in [6.45, 7) is 16.6. The first-order valence-corrected chi connectivity index (χ1v) is 16.3. The minimum atomic E-state index is -1.23. The first-order valence-electron chi connectivity index (χ1n) is 12.5. The Labute approximate surface area is 201 Å². The highest BCUT2D eigenvalue weighted by molar-refractivity contribution is 6.76.